The Morgan fingerprint density at radius 3 is 1.14 bits per heavy atom. The molecule has 0 radical (unpaired) electrons. The molecule has 20 aromatic rings. The summed E-state index contributed by atoms with van der Waals surface area (Å²) in [5, 5.41) is 8.66. The van der Waals surface area contributed by atoms with Crippen LogP contribution in [0.3, 0.4) is 0 Å². The van der Waals surface area contributed by atoms with Gasteiger partial charge in [0.2, 0.25) is 34.2 Å². The highest BCUT2D eigenvalue weighted by atomic mass is 32.1. The molecule has 0 amide bonds. The highest BCUT2D eigenvalue weighted by Gasteiger charge is 2.24. The van der Waals surface area contributed by atoms with Gasteiger partial charge in [-0.1, -0.05) is 115 Å². The van der Waals surface area contributed by atoms with Crippen LogP contribution in [0.25, 0.3) is 175 Å². The normalized spacial score (nSPS) is 12.9. The fraction of sp³-hybridized carbons (Fsp3) is 0.154. The number of hydrogen-bond acceptors (Lipinski definition) is 8. The SMILES string of the molecule is Cc1ccc2c(n1)oc1cc(-c3cc(-c4ccccc4C)[n+](C)cc3C)ccc12.[2H]C([2H])([2H])c1c[n+](C)c(-c2ccccc2C)cc1-c1ccc2c(c1)sc1nc(C)ccc12.[2H]C([2H])([2H])c1c[n+](C)c(-c2ccccc2C)cc1-c1ccc2c(n1)oc1cc(C)ccc12.[2H]C([2H])([2H])c1c[n+](C)c(-c2ccccc2C)cc1-c1ccc2c(n1)sc1cc(C)ccc12. The number of hydrogen-bond donors (Lipinski definition) is 0. The van der Waals surface area contributed by atoms with Crippen molar-refractivity contribution < 1.29 is 39.4 Å². The van der Waals surface area contributed by atoms with E-state index in [1.54, 1.807) is 41.3 Å². The Balaban J connectivity index is 0.000000118. The first-order valence-corrected chi connectivity index (χ1v) is 40.4. The maximum absolute atomic E-state index is 8.16. The summed E-state index contributed by atoms with van der Waals surface area (Å²) in [5.74, 6) is 0. The van der Waals surface area contributed by atoms with Crippen molar-refractivity contribution in [3.8, 4) is 89.8 Å². The lowest BCUT2D eigenvalue weighted by Crippen LogP contribution is -2.31. The van der Waals surface area contributed by atoms with Crippen LogP contribution >= 0.6 is 22.7 Å². The summed E-state index contributed by atoms with van der Waals surface area (Å²) >= 11 is 3.29. The summed E-state index contributed by atoms with van der Waals surface area (Å²) in [7, 11) is 7.78. The molecule has 8 aromatic carbocycles. The molecular formula is C104H92N8O2S2+4. The molecule has 0 bridgehead atoms. The number of nitrogens with zero attached hydrogens (tertiary/aromatic N) is 8. The molecule has 0 aliphatic heterocycles. The van der Waals surface area contributed by atoms with E-state index in [1.807, 2.05) is 184 Å². The third-order valence-corrected chi connectivity index (χ3v) is 24.2. The molecule has 0 spiro atoms. The van der Waals surface area contributed by atoms with Crippen LogP contribution < -0.4 is 18.3 Å². The van der Waals surface area contributed by atoms with Gasteiger partial charge in [0.15, 0.2) is 24.8 Å². The molecule has 0 N–H and O–H groups in total. The van der Waals surface area contributed by atoms with Crippen molar-refractivity contribution in [3.05, 3.63) is 334 Å². The largest absolute Gasteiger partial charge is 0.438 e. The Hall–Kier alpha value is -13.0. The lowest BCUT2D eigenvalue weighted by Gasteiger charge is -2.10. The minimum atomic E-state index is -2.28. The smallest absolute Gasteiger partial charge is 0.227 e. The number of rotatable bonds is 8. The average molecular weight is 1560 g/mol. The molecule has 10 nitrogen and oxygen atoms in total. The van der Waals surface area contributed by atoms with Crippen LogP contribution in [0.5, 0.6) is 0 Å². The van der Waals surface area contributed by atoms with Crippen molar-refractivity contribution in [1.29, 1.82) is 0 Å². The molecular weight excluding hydrogens is 1460 g/mol. The molecule has 116 heavy (non-hydrogen) atoms. The number of furan rings is 2. The highest BCUT2D eigenvalue weighted by molar-refractivity contribution is 7.25. The molecule has 20 rings (SSSR count). The van der Waals surface area contributed by atoms with E-state index in [4.69, 9.17) is 31.1 Å². The summed E-state index contributed by atoms with van der Waals surface area (Å²) in [6.45, 7) is 11.8. The summed E-state index contributed by atoms with van der Waals surface area (Å²) < 4.78 is 95.6. The van der Waals surface area contributed by atoms with E-state index >= 15 is 0 Å². The third kappa shape index (κ3) is 14.6. The highest BCUT2D eigenvalue weighted by Crippen LogP contribution is 2.41. The van der Waals surface area contributed by atoms with E-state index < -0.39 is 20.6 Å². The topological polar surface area (TPSA) is 93.4 Å². The second-order valence-corrected chi connectivity index (χ2v) is 32.5. The summed E-state index contributed by atoms with van der Waals surface area (Å²) in [6, 6.07) is 82.4. The van der Waals surface area contributed by atoms with Crippen LogP contribution in [-0.4, -0.2) is 19.9 Å². The fourth-order valence-electron chi connectivity index (χ4n) is 15.9. The fourth-order valence-corrected chi connectivity index (χ4v) is 18.2. The molecule has 0 atom stereocenters. The Morgan fingerprint density at radius 2 is 0.629 bits per heavy atom. The molecule has 0 aliphatic carbocycles. The zero-order chi connectivity index (χ0) is 88.0. The van der Waals surface area contributed by atoms with E-state index in [1.165, 1.54) is 43.6 Å². The number of aromatic nitrogens is 8. The third-order valence-electron chi connectivity index (χ3n) is 22.1. The second-order valence-electron chi connectivity index (χ2n) is 30.5. The zero-order valence-electron chi connectivity index (χ0n) is 76.1. The van der Waals surface area contributed by atoms with Crippen LogP contribution in [0.4, 0.5) is 0 Å². The molecule has 12 aromatic heterocycles. The van der Waals surface area contributed by atoms with Gasteiger partial charge in [0, 0.05) is 156 Å². The predicted octanol–water partition coefficient (Wildman–Crippen LogP) is 25.2. The lowest BCUT2D eigenvalue weighted by molar-refractivity contribution is -0.660. The number of thiophene rings is 2. The van der Waals surface area contributed by atoms with Gasteiger partial charge in [0.1, 0.15) is 49.0 Å². The first-order valence-electron chi connectivity index (χ1n) is 43.3. The second kappa shape index (κ2) is 31.1. The van der Waals surface area contributed by atoms with E-state index in [9.17, 15) is 0 Å². The Bertz CT molecular complexity index is 7160. The van der Waals surface area contributed by atoms with Crippen LogP contribution in [-0.2, 0) is 28.2 Å². The molecule has 0 fully saturated rings. The van der Waals surface area contributed by atoms with Gasteiger partial charge in [-0.05, 0) is 242 Å². The van der Waals surface area contributed by atoms with E-state index in [0.29, 0.717) is 45.1 Å². The van der Waals surface area contributed by atoms with Crippen LogP contribution in [0, 0.1) is 82.9 Å². The minimum absolute atomic E-state index is 0.260. The van der Waals surface area contributed by atoms with Crippen LogP contribution in [0.15, 0.2) is 276 Å². The Kier molecular flexibility index (Phi) is 17.5. The lowest BCUT2D eigenvalue weighted by atomic mass is 9.97. The summed E-state index contributed by atoms with van der Waals surface area (Å²) in [6.07, 6.45) is 7.37. The van der Waals surface area contributed by atoms with Crippen molar-refractivity contribution >= 4 is 107 Å². The van der Waals surface area contributed by atoms with E-state index in [0.717, 1.165) is 147 Å². The standard InChI is InChI=1S/2C26H23N2O.2C26H23N2S/c1-16-7-5-6-8-20(16)24-14-23(17(2)15-28(24)4)19-10-12-21-22-11-9-18(3)27-26(22)29-25(21)13-19;1-16-9-10-20-21-11-12-23(27-26(21)29-25(20)13-16)22-14-24(28(4)15-18(22)3)19-8-6-5-7-17(19)2;1-16-7-5-6-8-20(16)24-14-23(17(2)15-28(24)4)19-10-12-21-22-11-9-18(3)27-26(22)29-25(21)13-19;1-16-9-10-20-21-11-12-23(27-26(21)29-25(20)13-16)22-14-24(28(4)15-18(22)3)19-8-6-5-7-17(19)2/h4*5-15H,1-4H3/q4*+1/i;3D3;2D3;3D3. The maximum Gasteiger partial charge on any atom is 0.227 e. The number of pyridine rings is 8. The first-order chi connectivity index (χ1) is 59.7. The first kappa shape index (κ1) is 65.4. The Morgan fingerprint density at radius 1 is 0.276 bits per heavy atom. The molecule has 12 heterocycles. The molecule has 0 unspecified atom stereocenters. The van der Waals surface area contributed by atoms with Gasteiger partial charge in [-0.2, -0.15) is 0 Å². The predicted molar refractivity (Wildman–Crippen MR) is 482 cm³/mol. The number of aryl methyl sites for hydroxylation is 16. The minimum Gasteiger partial charge on any atom is -0.438 e. The van der Waals surface area contributed by atoms with Crippen molar-refractivity contribution in [2.24, 2.45) is 28.2 Å². The molecule has 12 heteroatoms. The van der Waals surface area contributed by atoms with Gasteiger partial charge in [-0.15, -0.1) is 22.7 Å². The molecule has 0 saturated carbocycles. The monoisotopic (exact) mass is 1560 g/mol. The van der Waals surface area contributed by atoms with Crippen molar-refractivity contribution in [2.45, 2.75) is 82.9 Å². The van der Waals surface area contributed by atoms with Crippen molar-refractivity contribution in [2.75, 3.05) is 0 Å². The maximum atomic E-state index is 8.16. The van der Waals surface area contributed by atoms with Gasteiger partial charge in [-0.3, -0.25) is 0 Å². The van der Waals surface area contributed by atoms with Crippen LogP contribution in [0.2, 0.25) is 0 Å². The molecule has 568 valence electrons. The zero-order valence-corrected chi connectivity index (χ0v) is 68.7. The quantitative estimate of drug-likeness (QED) is 0.141. The number of fused-ring (bicyclic) bond motifs is 12. The van der Waals surface area contributed by atoms with Crippen molar-refractivity contribution in [3.63, 3.8) is 0 Å². The Labute approximate surface area is 697 Å². The molecule has 0 aliphatic rings. The molecule has 0 saturated heterocycles. The van der Waals surface area contributed by atoms with Gasteiger partial charge in [-0.25, -0.2) is 38.2 Å². The van der Waals surface area contributed by atoms with Crippen LogP contribution in [0.1, 0.15) is 79.4 Å². The average Bonchev–Trinajstić information content (AvgIpc) is 0.860. The van der Waals surface area contributed by atoms with Gasteiger partial charge >= 0.3 is 0 Å². The van der Waals surface area contributed by atoms with Crippen molar-refractivity contribution in [1.82, 2.24) is 19.9 Å². The summed E-state index contributed by atoms with van der Waals surface area (Å²) in [5.41, 5.74) is 29.0. The number of benzene rings is 8. The van der Waals surface area contributed by atoms with E-state index in [2.05, 4.69) is 184 Å². The van der Waals surface area contributed by atoms with E-state index in [-0.39, 0.29) is 5.56 Å². The van der Waals surface area contributed by atoms with Gasteiger partial charge < -0.3 is 8.83 Å². The van der Waals surface area contributed by atoms with Gasteiger partial charge in [0.05, 0.1) is 11.4 Å². The van der Waals surface area contributed by atoms with Gasteiger partial charge in [0.25, 0.3) is 0 Å². The summed E-state index contributed by atoms with van der Waals surface area (Å²) in [4.78, 5) is 20.8.